The molecule has 8 heteroatoms. The van der Waals surface area contributed by atoms with Crippen LogP contribution in [0.25, 0.3) is 0 Å². The molecule has 1 saturated heterocycles. The molecule has 2 N–H and O–H groups in total. The first-order valence-electron chi connectivity index (χ1n) is 9.39. The van der Waals surface area contributed by atoms with Gasteiger partial charge in [0.15, 0.2) is 0 Å². The lowest BCUT2D eigenvalue weighted by Gasteiger charge is -2.26. The zero-order valence-electron chi connectivity index (χ0n) is 16.1. The summed E-state index contributed by atoms with van der Waals surface area (Å²) in [5.74, 6) is -1.76. The van der Waals surface area contributed by atoms with Gasteiger partial charge in [-0.25, -0.2) is 8.78 Å². The molecule has 0 bridgehead atoms. The number of carbonyl (C=O) groups is 2. The Labute approximate surface area is 167 Å². The minimum absolute atomic E-state index is 0.00920. The molecule has 1 aliphatic heterocycles. The monoisotopic (exact) mass is 403 g/mol. The topological polar surface area (TPSA) is 70.7 Å². The second-order valence-electron chi connectivity index (χ2n) is 6.86. The van der Waals surface area contributed by atoms with Crippen LogP contribution in [-0.2, 0) is 9.53 Å². The van der Waals surface area contributed by atoms with Crippen molar-refractivity contribution in [3.05, 3.63) is 59.2 Å². The number of benzene rings is 2. The number of rotatable bonds is 6. The number of morpholine rings is 1. The predicted molar refractivity (Wildman–Crippen MR) is 106 cm³/mol. The van der Waals surface area contributed by atoms with Gasteiger partial charge in [-0.1, -0.05) is 0 Å². The average molecular weight is 403 g/mol. The second kappa shape index (κ2) is 9.58. The van der Waals surface area contributed by atoms with Crippen LogP contribution in [0, 0.1) is 18.6 Å². The molecule has 0 aliphatic carbocycles. The highest BCUT2D eigenvalue weighted by molar-refractivity contribution is 6.04. The van der Waals surface area contributed by atoms with Gasteiger partial charge in [-0.2, -0.15) is 0 Å². The number of halogens is 2. The minimum atomic E-state index is -0.597. The summed E-state index contributed by atoms with van der Waals surface area (Å²) in [6.45, 7) is 4.96. The molecule has 1 heterocycles. The highest BCUT2D eigenvalue weighted by atomic mass is 19.1. The normalized spacial score (nSPS) is 14.4. The molecule has 0 aromatic heterocycles. The van der Waals surface area contributed by atoms with E-state index in [0.29, 0.717) is 31.0 Å². The predicted octanol–water partition coefficient (Wildman–Crippen LogP) is 3.19. The third kappa shape index (κ3) is 5.82. The lowest BCUT2D eigenvalue weighted by molar-refractivity contribution is -0.116. The summed E-state index contributed by atoms with van der Waals surface area (Å²) < 4.78 is 32.7. The summed E-state index contributed by atoms with van der Waals surface area (Å²) >= 11 is 0. The zero-order chi connectivity index (χ0) is 20.8. The van der Waals surface area contributed by atoms with E-state index in [1.54, 1.807) is 6.92 Å². The van der Waals surface area contributed by atoms with Gasteiger partial charge in [0.2, 0.25) is 5.91 Å². The number of carbonyl (C=O) groups excluding carboxylic acids is 2. The molecular weight excluding hydrogens is 380 g/mol. The van der Waals surface area contributed by atoms with E-state index >= 15 is 0 Å². The standard InChI is InChI=1S/C21H23F2N3O3/c1-14-12-15(2-4-17(14)22)21(28)24-16-3-5-18(23)19(13-16)25-20(27)6-7-26-8-10-29-11-9-26/h2-5,12-13H,6-11H2,1H3,(H,24,28)(H,25,27). The molecule has 0 radical (unpaired) electrons. The van der Waals surface area contributed by atoms with Crippen molar-refractivity contribution in [2.75, 3.05) is 43.5 Å². The van der Waals surface area contributed by atoms with E-state index in [0.717, 1.165) is 13.1 Å². The van der Waals surface area contributed by atoms with Crippen LogP contribution in [0.1, 0.15) is 22.3 Å². The summed E-state index contributed by atoms with van der Waals surface area (Å²) in [5.41, 5.74) is 0.946. The van der Waals surface area contributed by atoms with E-state index in [-0.39, 0.29) is 23.6 Å². The van der Waals surface area contributed by atoms with Gasteiger partial charge >= 0.3 is 0 Å². The van der Waals surface area contributed by atoms with Crippen LogP contribution >= 0.6 is 0 Å². The van der Waals surface area contributed by atoms with Crippen molar-refractivity contribution in [1.29, 1.82) is 0 Å². The maximum Gasteiger partial charge on any atom is 0.255 e. The second-order valence-corrected chi connectivity index (χ2v) is 6.86. The molecule has 2 aromatic carbocycles. The molecule has 3 rings (SSSR count). The van der Waals surface area contributed by atoms with Crippen LogP contribution in [0.5, 0.6) is 0 Å². The number of anilines is 2. The fourth-order valence-corrected chi connectivity index (χ4v) is 2.99. The molecule has 0 unspecified atom stereocenters. The molecule has 0 atom stereocenters. The van der Waals surface area contributed by atoms with E-state index in [4.69, 9.17) is 4.74 Å². The van der Waals surface area contributed by atoms with Crippen LogP contribution in [-0.4, -0.2) is 49.6 Å². The lowest BCUT2D eigenvalue weighted by Crippen LogP contribution is -2.38. The summed E-state index contributed by atoms with van der Waals surface area (Å²) in [7, 11) is 0. The van der Waals surface area contributed by atoms with Crippen molar-refractivity contribution in [3.63, 3.8) is 0 Å². The molecule has 1 aliphatic rings. The van der Waals surface area contributed by atoms with Crippen molar-refractivity contribution in [2.24, 2.45) is 0 Å². The van der Waals surface area contributed by atoms with Gasteiger partial charge in [-0.15, -0.1) is 0 Å². The Kier molecular flexibility index (Phi) is 6.90. The number of ether oxygens (including phenoxy) is 1. The van der Waals surface area contributed by atoms with E-state index in [1.807, 2.05) is 0 Å². The van der Waals surface area contributed by atoms with Crippen molar-refractivity contribution in [1.82, 2.24) is 4.90 Å². The largest absolute Gasteiger partial charge is 0.379 e. The SMILES string of the molecule is Cc1cc(C(=O)Nc2ccc(F)c(NC(=O)CCN3CCOCC3)c2)ccc1F. The quantitative estimate of drug-likeness (QED) is 0.777. The highest BCUT2D eigenvalue weighted by Crippen LogP contribution is 2.21. The van der Waals surface area contributed by atoms with Crippen molar-refractivity contribution in [2.45, 2.75) is 13.3 Å². The van der Waals surface area contributed by atoms with Gasteiger partial charge in [0.05, 0.1) is 18.9 Å². The van der Waals surface area contributed by atoms with Gasteiger partial charge in [-0.05, 0) is 48.9 Å². The number of nitrogens with one attached hydrogen (secondary N) is 2. The number of hydrogen-bond acceptors (Lipinski definition) is 4. The molecule has 0 saturated carbocycles. The Bertz CT molecular complexity index is 899. The summed E-state index contributed by atoms with van der Waals surface area (Å²) in [6, 6.07) is 7.94. The van der Waals surface area contributed by atoms with Crippen LogP contribution < -0.4 is 10.6 Å². The Morgan fingerprint density at radius 1 is 1.03 bits per heavy atom. The maximum atomic E-state index is 14.1. The Hall–Kier alpha value is -2.84. The van der Waals surface area contributed by atoms with E-state index < -0.39 is 17.5 Å². The third-order valence-corrected chi connectivity index (χ3v) is 4.68. The minimum Gasteiger partial charge on any atom is -0.379 e. The van der Waals surface area contributed by atoms with Crippen molar-refractivity contribution in [3.8, 4) is 0 Å². The molecule has 2 aromatic rings. The smallest absolute Gasteiger partial charge is 0.255 e. The Morgan fingerprint density at radius 3 is 2.48 bits per heavy atom. The molecule has 154 valence electrons. The molecule has 0 spiro atoms. The molecule has 6 nitrogen and oxygen atoms in total. The first kappa shape index (κ1) is 20.9. The molecule has 1 fully saturated rings. The number of aryl methyl sites for hydroxylation is 1. The first-order valence-corrected chi connectivity index (χ1v) is 9.39. The molecule has 2 amide bonds. The van der Waals surface area contributed by atoms with Gasteiger partial charge in [-0.3, -0.25) is 14.5 Å². The number of amides is 2. The summed E-state index contributed by atoms with van der Waals surface area (Å²) in [4.78, 5) is 26.6. The van der Waals surface area contributed by atoms with Gasteiger partial charge < -0.3 is 15.4 Å². The van der Waals surface area contributed by atoms with Gasteiger partial charge in [0, 0.05) is 37.3 Å². The van der Waals surface area contributed by atoms with Crippen molar-refractivity contribution < 1.29 is 23.1 Å². The zero-order valence-corrected chi connectivity index (χ0v) is 16.1. The van der Waals surface area contributed by atoms with Gasteiger partial charge in [0.1, 0.15) is 11.6 Å². The van der Waals surface area contributed by atoms with E-state index in [1.165, 1.54) is 36.4 Å². The number of nitrogens with zero attached hydrogens (tertiary/aromatic N) is 1. The Balaban J connectivity index is 1.60. The summed E-state index contributed by atoms with van der Waals surface area (Å²) in [6.07, 6.45) is 0.227. The van der Waals surface area contributed by atoms with E-state index in [2.05, 4.69) is 15.5 Å². The fraction of sp³-hybridized carbons (Fsp3) is 0.333. The molecular formula is C21H23F2N3O3. The van der Waals surface area contributed by atoms with Crippen LogP contribution in [0.4, 0.5) is 20.2 Å². The average Bonchev–Trinajstić information content (AvgIpc) is 2.71. The number of hydrogen-bond donors (Lipinski definition) is 2. The van der Waals surface area contributed by atoms with Crippen LogP contribution in [0.3, 0.4) is 0 Å². The van der Waals surface area contributed by atoms with Crippen LogP contribution in [0.15, 0.2) is 36.4 Å². The highest BCUT2D eigenvalue weighted by Gasteiger charge is 2.14. The fourth-order valence-electron chi connectivity index (χ4n) is 2.99. The first-order chi connectivity index (χ1) is 13.9. The van der Waals surface area contributed by atoms with Gasteiger partial charge in [0.25, 0.3) is 5.91 Å². The van der Waals surface area contributed by atoms with Crippen LogP contribution in [0.2, 0.25) is 0 Å². The summed E-state index contributed by atoms with van der Waals surface area (Å²) in [5, 5.41) is 5.18. The third-order valence-electron chi connectivity index (χ3n) is 4.68. The Morgan fingerprint density at radius 2 is 1.76 bits per heavy atom. The molecule has 29 heavy (non-hydrogen) atoms. The lowest BCUT2D eigenvalue weighted by atomic mass is 10.1. The van der Waals surface area contributed by atoms with Crippen molar-refractivity contribution >= 4 is 23.2 Å². The maximum absolute atomic E-state index is 14.1. The van der Waals surface area contributed by atoms with E-state index in [9.17, 15) is 18.4 Å².